The van der Waals surface area contributed by atoms with E-state index in [4.69, 9.17) is 23.2 Å². The van der Waals surface area contributed by atoms with Crippen LogP contribution < -0.4 is 5.32 Å². The minimum atomic E-state index is 0.436. The second-order valence-electron chi connectivity index (χ2n) is 3.40. The average molecular weight is 395 g/mol. The number of hydrogen-bond acceptors (Lipinski definition) is 4. The molecule has 94 valence electrons. The number of anilines is 1. The van der Waals surface area contributed by atoms with Crippen molar-refractivity contribution in [1.29, 1.82) is 0 Å². The molecule has 2 aromatic rings. The molecule has 0 bridgehead atoms. The summed E-state index contributed by atoms with van der Waals surface area (Å²) in [7, 11) is 0. The highest BCUT2D eigenvalue weighted by Crippen LogP contribution is 2.27. The molecule has 18 heavy (non-hydrogen) atoms. The number of halogens is 3. The highest BCUT2D eigenvalue weighted by molar-refractivity contribution is 14.1. The maximum absolute atomic E-state index is 6.08. The van der Waals surface area contributed by atoms with Gasteiger partial charge >= 0.3 is 0 Å². The Hall–Kier alpha value is -0.660. The van der Waals surface area contributed by atoms with Crippen molar-refractivity contribution < 1.29 is 0 Å². The molecule has 4 nitrogen and oxygen atoms in total. The molecule has 0 amide bonds. The summed E-state index contributed by atoms with van der Waals surface area (Å²) in [5.74, 6) is 1.25. The van der Waals surface area contributed by atoms with Crippen molar-refractivity contribution in [1.82, 2.24) is 15.0 Å². The van der Waals surface area contributed by atoms with E-state index in [0.29, 0.717) is 21.6 Å². The van der Waals surface area contributed by atoms with Crippen LogP contribution in [-0.2, 0) is 0 Å². The Morgan fingerprint density at radius 2 is 2.06 bits per heavy atom. The number of nitrogens with one attached hydrogen (secondary N) is 1. The van der Waals surface area contributed by atoms with Gasteiger partial charge in [-0.25, -0.2) is 15.0 Å². The quantitative estimate of drug-likeness (QED) is 0.802. The summed E-state index contributed by atoms with van der Waals surface area (Å²) in [6, 6.07) is 1.62. The molecule has 0 aliphatic rings. The first kappa shape index (κ1) is 13.8. The van der Waals surface area contributed by atoms with Gasteiger partial charge in [-0.2, -0.15) is 0 Å². The smallest absolute Gasteiger partial charge is 0.181 e. The third-order valence-electron chi connectivity index (χ3n) is 2.11. The van der Waals surface area contributed by atoms with Gasteiger partial charge in [0.25, 0.3) is 0 Å². The van der Waals surface area contributed by atoms with Crippen molar-refractivity contribution >= 4 is 51.6 Å². The van der Waals surface area contributed by atoms with E-state index in [-0.39, 0.29) is 0 Å². The summed E-state index contributed by atoms with van der Waals surface area (Å²) in [5.41, 5.74) is 0.525. The highest BCUT2D eigenvalue weighted by Gasteiger charge is 2.11. The lowest BCUT2D eigenvalue weighted by Crippen LogP contribution is -2.04. The molecule has 0 aliphatic carbocycles. The largest absolute Gasteiger partial charge is 0.369 e. The normalized spacial score (nSPS) is 10.4. The number of hydrogen-bond donors (Lipinski definition) is 1. The summed E-state index contributed by atoms with van der Waals surface area (Å²) in [4.78, 5) is 12.8. The first-order chi connectivity index (χ1) is 8.61. The summed E-state index contributed by atoms with van der Waals surface area (Å²) in [5, 5.41) is 4.08. The van der Waals surface area contributed by atoms with E-state index in [9.17, 15) is 0 Å². The maximum Gasteiger partial charge on any atom is 0.181 e. The predicted molar refractivity (Wildman–Crippen MR) is 82.2 cm³/mol. The van der Waals surface area contributed by atoms with Crippen LogP contribution in [0.1, 0.15) is 6.92 Å². The van der Waals surface area contributed by atoms with Gasteiger partial charge in [-0.1, -0.05) is 23.2 Å². The van der Waals surface area contributed by atoms with Gasteiger partial charge in [-0.3, -0.25) is 0 Å². The Morgan fingerprint density at radius 3 is 2.72 bits per heavy atom. The van der Waals surface area contributed by atoms with Gasteiger partial charge in [0.05, 0.1) is 13.6 Å². The summed E-state index contributed by atoms with van der Waals surface area (Å²) < 4.78 is 0.947. The molecule has 0 unspecified atom stereocenters. The minimum absolute atomic E-state index is 0.436. The van der Waals surface area contributed by atoms with E-state index in [0.717, 1.165) is 15.9 Å². The van der Waals surface area contributed by atoms with E-state index in [1.54, 1.807) is 12.3 Å². The average Bonchev–Trinajstić information content (AvgIpc) is 2.33. The molecule has 0 saturated carbocycles. The zero-order chi connectivity index (χ0) is 13.1. The van der Waals surface area contributed by atoms with Crippen LogP contribution in [0.4, 0.5) is 5.82 Å². The van der Waals surface area contributed by atoms with Gasteiger partial charge < -0.3 is 5.32 Å². The van der Waals surface area contributed by atoms with Gasteiger partial charge in [0.1, 0.15) is 11.5 Å². The molecule has 2 rings (SSSR count). The Kier molecular flexibility index (Phi) is 4.58. The number of pyridine rings is 1. The topological polar surface area (TPSA) is 50.7 Å². The van der Waals surface area contributed by atoms with Crippen molar-refractivity contribution in [2.45, 2.75) is 6.92 Å². The fourth-order valence-electron chi connectivity index (χ4n) is 1.35. The fourth-order valence-corrected chi connectivity index (χ4v) is 2.27. The standard InChI is InChI=1S/C11H9Cl2IN4/c1-2-15-10-8(14)5-17-11(18-10)9-7(13)3-6(12)4-16-9/h3-5H,2H2,1H3,(H,15,17,18). The van der Waals surface area contributed by atoms with E-state index < -0.39 is 0 Å². The van der Waals surface area contributed by atoms with Crippen LogP contribution in [0.15, 0.2) is 18.5 Å². The third-order valence-corrected chi connectivity index (χ3v) is 3.39. The van der Waals surface area contributed by atoms with Gasteiger partial charge in [0, 0.05) is 18.9 Å². The van der Waals surface area contributed by atoms with E-state index in [1.165, 1.54) is 6.20 Å². The highest BCUT2D eigenvalue weighted by atomic mass is 127. The van der Waals surface area contributed by atoms with Crippen molar-refractivity contribution in [2.75, 3.05) is 11.9 Å². The second-order valence-corrected chi connectivity index (χ2v) is 5.41. The summed E-state index contributed by atoms with van der Waals surface area (Å²) >= 11 is 14.1. The van der Waals surface area contributed by atoms with Crippen LogP contribution >= 0.6 is 45.8 Å². The van der Waals surface area contributed by atoms with Crippen molar-refractivity contribution in [3.63, 3.8) is 0 Å². The number of nitrogens with zero attached hydrogens (tertiary/aromatic N) is 3. The van der Waals surface area contributed by atoms with Crippen molar-refractivity contribution in [3.8, 4) is 11.5 Å². The third kappa shape index (κ3) is 3.02. The first-order valence-corrected chi connectivity index (χ1v) is 7.03. The molecule has 2 heterocycles. The van der Waals surface area contributed by atoms with Crippen molar-refractivity contribution in [3.05, 3.63) is 32.1 Å². The molecular formula is C11H9Cl2IN4. The zero-order valence-corrected chi connectivity index (χ0v) is 13.1. The number of aromatic nitrogens is 3. The Balaban J connectivity index is 2.47. The first-order valence-electron chi connectivity index (χ1n) is 5.19. The second kappa shape index (κ2) is 5.99. The fraction of sp³-hybridized carbons (Fsp3) is 0.182. The minimum Gasteiger partial charge on any atom is -0.369 e. The van der Waals surface area contributed by atoms with Gasteiger partial charge in [0.15, 0.2) is 5.82 Å². The molecule has 0 aromatic carbocycles. The Labute approximate surface area is 128 Å². The SMILES string of the molecule is CCNc1nc(-c2ncc(Cl)cc2Cl)ncc1I. The lowest BCUT2D eigenvalue weighted by atomic mass is 10.3. The Bertz CT molecular complexity index is 577. The molecule has 2 aromatic heterocycles. The lowest BCUT2D eigenvalue weighted by Gasteiger charge is -2.07. The van der Waals surface area contributed by atoms with E-state index >= 15 is 0 Å². The molecule has 7 heteroatoms. The molecular weight excluding hydrogens is 386 g/mol. The Morgan fingerprint density at radius 1 is 1.28 bits per heavy atom. The molecule has 0 radical (unpaired) electrons. The predicted octanol–water partition coefficient (Wildman–Crippen LogP) is 3.88. The van der Waals surface area contributed by atoms with Crippen LogP contribution in [-0.4, -0.2) is 21.5 Å². The van der Waals surface area contributed by atoms with E-state index in [1.807, 2.05) is 6.92 Å². The van der Waals surface area contributed by atoms with Crippen LogP contribution in [0.2, 0.25) is 10.0 Å². The van der Waals surface area contributed by atoms with Crippen LogP contribution in [0.5, 0.6) is 0 Å². The maximum atomic E-state index is 6.08. The molecule has 0 fully saturated rings. The molecule has 0 aliphatic heterocycles. The van der Waals surface area contributed by atoms with E-state index in [2.05, 4.69) is 42.9 Å². The molecule has 0 saturated heterocycles. The van der Waals surface area contributed by atoms with Crippen molar-refractivity contribution in [2.24, 2.45) is 0 Å². The summed E-state index contributed by atoms with van der Waals surface area (Å²) in [6.07, 6.45) is 3.25. The monoisotopic (exact) mass is 394 g/mol. The van der Waals surface area contributed by atoms with Crippen LogP contribution in [0.25, 0.3) is 11.5 Å². The lowest BCUT2D eigenvalue weighted by molar-refractivity contribution is 1.09. The molecule has 0 spiro atoms. The van der Waals surface area contributed by atoms with Gasteiger partial charge in [-0.05, 0) is 35.6 Å². The van der Waals surface area contributed by atoms with Crippen LogP contribution in [0, 0.1) is 3.57 Å². The molecule has 0 atom stereocenters. The summed E-state index contributed by atoms with van der Waals surface area (Å²) in [6.45, 7) is 2.79. The van der Waals surface area contributed by atoms with Gasteiger partial charge in [-0.15, -0.1) is 0 Å². The van der Waals surface area contributed by atoms with Gasteiger partial charge in [0.2, 0.25) is 0 Å². The number of rotatable bonds is 3. The zero-order valence-electron chi connectivity index (χ0n) is 9.41. The van der Waals surface area contributed by atoms with Crippen LogP contribution in [0.3, 0.4) is 0 Å². The molecule has 1 N–H and O–H groups in total.